The molecule has 0 unspecified atom stereocenters. The molecule has 1 amide bonds. The largest absolute Gasteiger partial charge is 0.471 e. The lowest BCUT2D eigenvalue weighted by molar-refractivity contribution is -0.181. The highest BCUT2D eigenvalue weighted by atomic mass is 79.9. The quantitative estimate of drug-likeness (QED) is 0.621. The third-order valence-corrected chi connectivity index (χ3v) is 5.67. The van der Waals surface area contributed by atoms with E-state index in [0.717, 1.165) is 6.07 Å². The molecule has 0 aliphatic carbocycles. The number of amides is 1. The van der Waals surface area contributed by atoms with E-state index in [2.05, 4.69) is 15.9 Å². The maximum atomic E-state index is 14.7. The standard InChI is InChI=1S/C20H17BrF5NO3/c21-13-3-6-16(23)15(8-13)19(27-18(29)20(24,25)26)10-30-17(7-12(19)9-28)11-1-4-14(22)5-2-11/h1-6,8,12,17,28H,7,9-10H2,(H,27,29)/t12-,17+,19-/m0/s1. The first kappa shape index (κ1) is 22.6. The molecule has 4 nitrogen and oxygen atoms in total. The van der Waals surface area contributed by atoms with E-state index in [1.165, 1.54) is 36.4 Å². The van der Waals surface area contributed by atoms with Crippen molar-refractivity contribution in [1.29, 1.82) is 0 Å². The maximum Gasteiger partial charge on any atom is 0.471 e. The van der Waals surface area contributed by atoms with Gasteiger partial charge >= 0.3 is 12.1 Å². The van der Waals surface area contributed by atoms with E-state index in [1.807, 2.05) is 5.32 Å². The molecule has 1 saturated heterocycles. The van der Waals surface area contributed by atoms with Crippen molar-refractivity contribution in [3.05, 3.63) is 69.7 Å². The van der Waals surface area contributed by atoms with Crippen LogP contribution in [0.4, 0.5) is 22.0 Å². The van der Waals surface area contributed by atoms with Gasteiger partial charge in [-0.3, -0.25) is 4.79 Å². The molecule has 2 aromatic carbocycles. The van der Waals surface area contributed by atoms with Gasteiger partial charge in [-0.05, 0) is 42.3 Å². The van der Waals surface area contributed by atoms with E-state index in [1.54, 1.807) is 0 Å². The van der Waals surface area contributed by atoms with Crippen molar-refractivity contribution in [3.63, 3.8) is 0 Å². The predicted octanol–water partition coefficient (Wildman–Crippen LogP) is 4.37. The van der Waals surface area contributed by atoms with E-state index >= 15 is 0 Å². The Kier molecular flexibility index (Phi) is 6.49. The highest BCUT2D eigenvalue weighted by Crippen LogP contribution is 2.44. The molecule has 1 aliphatic rings. The van der Waals surface area contributed by atoms with Crippen LogP contribution < -0.4 is 5.32 Å². The zero-order chi connectivity index (χ0) is 22.1. The van der Waals surface area contributed by atoms with Crippen LogP contribution >= 0.6 is 15.9 Å². The van der Waals surface area contributed by atoms with Gasteiger partial charge in [-0.15, -0.1) is 0 Å². The Labute approximate surface area is 177 Å². The van der Waals surface area contributed by atoms with Gasteiger partial charge in [-0.1, -0.05) is 28.1 Å². The minimum atomic E-state index is -5.22. The van der Waals surface area contributed by atoms with Gasteiger partial charge < -0.3 is 15.2 Å². The normalized spacial score (nSPS) is 24.5. The fourth-order valence-electron chi connectivity index (χ4n) is 3.63. The van der Waals surface area contributed by atoms with Crippen LogP contribution in [0, 0.1) is 17.6 Å². The van der Waals surface area contributed by atoms with Crippen LogP contribution in [0.2, 0.25) is 0 Å². The number of aliphatic hydroxyl groups excluding tert-OH is 1. The first-order chi connectivity index (χ1) is 14.1. The third kappa shape index (κ3) is 4.50. The SMILES string of the molecule is O=C(N[C@@]1(c2cc(Br)ccc2F)CO[C@@H](c2ccc(F)cc2)C[C@H]1CO)C(F)(F)F. The van der Waals surface area contributed by atoms with Gasteiger partial charge in [0.15, 0.2) is 0 Å². The number of alkyl halides is 3. The number of hydrogen-bond acceptors (Lipinski definition) is 3. The number of benzene rings is 2. The zero-order valence-corrected chi connectivity index (χ0v) is 16.9. The van der Waals surface area contributed by atoms with Crippen LogP contribution in [-0.4, -0.2) is 30.4 Å². The molecule has 3 atom stereocenters. The Hall–Kier alpha value is -2.04. The lowest BCUT2D eigenvalue weighted by Crippen LogP contribution is -2.60. The molecule has 0 radical (unpaired) electrons. The summed E-state index contributed by atoms with van der Waals surface area (Å²) in [5, 5.41) is 11.9. The number of nitrogens with one attached hydrogen (secondary N) is 1. The van der Waals surface area contributed by atoms with E-state index in [0.29, 0.717) is 10.0 Å². The summed E-state index contributed by atoms with van der Waals surface area (Å²) in [6.07, 6.45) is -5.94. The van der Waals surface area contributed by atoms with Gasteiger partial charge in [-0.25, -0.2) is 8.78 Å². The van der Waals surface area contributed by atoms with E-state index < -0.39 is 54.5 Å². The lowest BCUT2D eigenvalue weighted by atomic mass is 9.73. The number of halogens is 6. The van der Waals surface area contributed by atoms with Gasteiger partial charge in [-0.2, -0.15) is 13.2 Å². The molecule has 2 N–H and O–H groups in total. The van der Waals surface area contributed by atoms with Crippen molar-refractivity contribution in [1.82, 2.24) is 5.32 Å². The Bertz CT molecular complexity index is 922. The van der Waals surface area contributed by atoms with Crippen molar-refractivity contribution in [2.75, 3.05) is 13.2 Å². The summed E-state index contributed by atoms with van der Waals surface area (Å²) in [7, 11) is 0. The van der Waals surface area contributed by atoms with Gasteiger partial charge in [0.1, 0.15) is 11.6 Å². The monoisotopic (exact) mass is 493 g/mol. The number of ether oxygens (including phenoxy) is 1. The Morgan fingerprint density at radius 3 is 2.47 bits per heavy atom. The number of rotatable bonds is 4. The molecule has 0 saturated carbocycles. The molecule has 3 rings (SSSR count). The second-order valence-electron chi connectivity index (χ2n) is 7.01. The molecule has 0 bridgehead atoms. The van der Waals surface area contributed by atoms with Crippen LogP contribution in [0.1, 0.15) is 23.7 Å². The summed E-state index contributed by atoms with van der Waals surface area (Å²) in [5.74, 6) is -4.63. The van der Waals surface area contributed by atoms with Crippen LogP contribution in [0.25, 0.3) is 0 Å². The molecular weight excluding hydrogens is 477 g/mol. The van der Waals surface area contributed by atoms with Crippen LogP contribution in [0.5, 0.6) is 0 Å². The van der Waals surface area contributed by atoms with E-state index in [9.17, 15) is 31.9 Å². The molecule has 30 heavy (non-hydrogen) atoms. The molecule has 10 heteroatoms. The summed E-state index contributed by atoms with van der Waals surface area (Å²) >= 11 is 3.15. The fourth-order valence-corrected chi connectivity index (χ4v) is 3.99. The van der Waals surface area contributed by atoms with Gasteiger partial charge in [0.2, 0.25) is 0 Å². The van der Waals surface area contributed by atoms with Crippen LogP contribution in [0.3, 0.4) is 0 Å². The average Bonchev–Trinajstić information content (AvgIpc) is 2.70. The minimum absolute atomic E-state index is 0.0355. The molecule has 1 aliphatic heterocycles. The van der Waals surface area contributed by atoms with Crippen molar-refractivity contribution < 1.29 is 36.6 Å². The molecule has 162 valence electrons. The summed E-state index contributed by atoms with van der Waals surface area (Å²) in [5.41, 5.74) is -1.67. The van der Waals surface area contributed by atoms with Crippen LogP contribution in [-0.2, 0) is 15.1 Å². The van der Waals surface area contributed by atoms with Gasteiger partial charge in [0.25, 0.3) is 0 Å². The smallest absolute Gasteiger partial charge is 0.396 e. The fraction of sp³-hybridized carbons (Fsp3) is 0.350. The topological polar surface area (TPSA) is 58.6 Å². The van der Waals surface area contributed by atoms with Crippen molar-refractivity contribution in [2.24, 2.45) is 5.92 Å². The molecule has 2 aromatic rings. The van der Waals surface area contributed by atoms with Crippen molar-refractivity contribution >= 4 is 21.8 Å². The maximum absolute atomic E-state index is 14.7. The molecule has 0 aromatic heterocycles. The Morgan fingerprint density at radius 1 is 1.20 bits per heavy atom. The summed E-state index contributed by atoms with van der Waals surface area (Å²) in [4.78, 5) is 11.8. The number of aliphatic hydroxyl groups is 1. The lowest BCUT2D eigenvalue weighted by Gasteiger charge is -2.47. The molecule has 1 fully saturated rings. The third-order valence-electron chi connectivity index (χ3n) is 5.17. The Morgan fingerprint density at radius 2 is 1.87 bits per heavy atom. The minimum Gasteiger partial charge on any atom is -0.396 e. The first-order valence-electron chi connectivity index (χ1n) is 8.89. The summed E-state index contributed by atoms with van der Waals surface area (Å²) in [6.45, 7) is -1.18. The van der Waals surface area contributed by atoms with Crippen molar-refractivity contribution in [3.8, 4) is 0 Å². The zero-order valence-electron chi connectivity index (χ0n) is 15.3. The summed E-state index contributed by atoms with van der Waals surface area (Å²) < 4.78 is 73.1. The molecular formula is C20H17BrF5NO3. The van der Waals surface area contributed by atoms with Gasteiger partial charge in [0.05, 0.1) is 18.2 Å². The van der Waals surface area contributed by atoms with Crippen LogP contribution in [0.15, 0.2) is 46.9 Å². The predicted molar refractivity (Wildman–Crippen MR) is 100 cm³/mol. The second-order valence-corrected chi connectivity index (χ2v) is 7.93. The Balaban J connectivity index is 2.04. The highest BCUT2D eigenvalue weighted by molar-refractivity contribution is 9.10. The van der Waals surface area contributed by atoms with Crippen molar-refractivity contribution in [2.45, 2.75) is 24.2 Å². The van der Waals surface area contributed by atoms with E-state index in [-0.39, 0.29) is 12.0 Å². The van der Waals surface area contributed by atoms with Gasteiger partial charge in [0, 0.05) is 22.6 Å². The first-order valence-corrected chi connectivity index (χ1v) is 9.69. The number of carbonyl (C=O) groups is 1. The average molecular weight is 494 g/mol. The second kappa shape index (κ2) is 8.60. The molecule has 1 heterocycles. The summed E-state index contributed by atoms with van der Waals surface area (Å²) in [6, 6.07) is 8.96. The molecule has 0 spiro atoms. The van der Waals surface area contributed by atoms with E-state index in [4.69, 9.17) is 4.74 Å². The highest BCUT2D eigenvalue weighted by Gasteiger charge is 2.52. The number of carbonyl (C=O) groups excluding carboxylic acids is 1. The number of hydrogen-bond donors (Lipinski definition) is 2.